The van der Waals surface area contributed by atoms with Crippen molar-refractivity contribution >= 4 is 11.5 Å². The molecular weight excluding hydrogens is 343 g/mol. The van der Waals surface area contributed by atoms with Gasteiger partial charge in [0.25, 0.3) is 0 Å². The van der Waals surface area contributed by atoms with Crippen LogP contribution in [0.1, 0.15) is 30.0 Å². The minimum atomic E-state index is -0.300. The van der Waals surface area contributed by atoms with E-state index in [1.165, 1.54) is 12.1 Å². The van der Waals surface area contributed by atoms with E-state index in [2.05, 4.69) is 26.2 Å². The number of pyridine rings is 1. The van der Waals surface area contributed by atoms with Gasteiger partial charge >= 0.3 is 0 Å². The number of aromatic nitrogens is 3. The Kier molecular flexibility index (Phi) is 3.41. The summed E-state index contributed by atoms with van der Waals surface area (Å²) in [4.78, 5) is 6.88. The van der Waals surface area contributed by atoms with Crippen LogP contribution in [0.5, 0.6) is 0 Å². The molecule has 27 heavy (non-hydrogen) atoms. The van der Waals surface area contributed by atoms with E-state index in [1.54, 1.807) is 18.3 Å². The van der Waals surface area contributed by atoms with E-state index < -0.39 is 0 Å². The number of anilines is 2. The summed E-state index contributed by atoms with van der Waals surface area (Å²) in [6.07, 6.45) is 3.82. The third-order valence-electron chi connectivity index (χ3n) is 5.58. The molecule has 0 atom stereocenters. The van der Waals surface area contributed by atoms with E-state index in [-0.39, 0.29) is 11.6 Å². The predicted octanol–water partition coefficient (Wildman–Crippen LogP) is 3.43. The summed E-state index contributed by atoms with van der Waals surface area (Å²) in [5.41, 5.74) is 11.6. The molecule has 6 rings (SSSR count). The number of nitrogen functional groups attached to an aromatic ring is 1. The summed E-state index contributed by atoms with van der Waals surface area (Å²) < 4.78 is 13.4. The molecule has 0 spiro atoms. The highest BCUT2D eigenvalue weighted by Crippen LogP contribution is 2.49. The number of hydrogen-bond acceptors (Lipinski definition) is 5. The van der Waals surface area contributed by atoms with Gasteiger partial charge in [0.05, 0.1) is 23.3 Å². The van der Waals surface area contributed by atoms with Crippen molar-refractivity contribution in [2.75, 3.05) is 23.7 Å². The normalized spacial score (nSPS) is 15.6. The van der Waals surface area contributed by atoms with Crippen LogP contribution in [0.4, 0.5) is 15.9 Å². The van der Waals surface area contributed by atoms with Crippen LogP contribution in [0.15, 0.2) is 30.5 Å². The molecule has 5 heterocycles. The first-order chi connectivity index (χ1) is 13.2. The summed E-state index contributed by atoms with van der Waals surface area (Å²) in [6, 6.07) is 8.45. The second-order valence-electron chi connectivity index (χ2n) is 7.02. The van der Waals surface area contributed by atoms with Gasteiger partial charge in [0.15, 0.2) is 0 Å². The number of nitrogens with two attached hydrogens (primary N) is 1. The van der Waals surface area contributed by atoms with E-state index in [1.807, 2.05) is 0 Å². The fourth-order valence-electron chi connectivity index (χ4n) is 4.28. The average molecular weight is 360 g/mol. The Hall–Kier alpha value is -3.40. The van der Waals surface area contributed by atoms with E-state index in [4.69, 9.17) is 5.73 Å². The topological polar surface area (TPSA) is 94.6 Å². The molecule has 3 N–H and O–H groups in total. The van der Waals surface area contributed by atoms with Crippen molar-refractivity contribution in [3.63, 3.8) is 0 Å². The first kappa shape index (κ1) is 15.8. The van der Waals surface area contributed by atoms with E-state index in [0.29, 0.717) is 11.5 Å². The number of rotatable bonds is 2. The summed E-state index contributed by atoms with van der Waals surface area (Å²) in [5.74, 6) is 0.331. The zero-order valence-electron chi connectivity index (χ0n) is 14.5. The third kappa shape index (κ3) is 2.30. The Labute approximate surface area is 155 Å². The van der Waals surface area contributed by atoms with Crippen molar-refractivity contribution in [3.8, 4) is 28.5 Å². The zero-order valence-corrected chi connectivity index (χ0v) is 14.5. The molecule has 3 aliphatic heterocycles. The molecule has 3 aliphatic rings. The molecule has 7 heteroatoms. The van der Waals surface area contributed by atoms with Gasteiger partial charge in [0.2, 0.25) is 0 Å². The van der Waals surface area contributed by atoms with Crippen molar-refractivity contribution in [2.45, 2.75) is 18.8 Å². The molecule has 0 radical (unpaired) electrons. The van der Waals surface area contributed by atoms with Crippen molar-refractivity contribution < 1.29 is 4.39 Å². The minimum Gasteiger partial charge on any atom is -0.383 e. The standard InChI is InChI=1S/C20H17FN6/c21-13-3-1-11(2-4-13)17-15(10-24-26-17)16-14(9-22)20(23)25-18-12-5-7-27(8-6-12)19(16)18/h1-4,10,12H,5-8H2,(H2,23,25)(H,24,26). The van der Waals surface area contributed by atoms with Gasteiger partial charge in [0, 0.05) is 35.7 Å². The molecule has 134 valence electrons. The van der Waals surface area contributed by atoms with Gasteiger partial charge < -0.3 is 10.6 Å². The number of H-pyrrole nitrogens is 1. The molecule has 6 nitrogen and oxygen atoms in total. The largest absolute Gasteiger partial charge is 0.383 e. The maximum absolute atomic E-state index is 13.4. The number of benzene rings is 1. The number of hydrogen-bond donors (Lipinski definition) is 2. The highest BCUT2D eigenvalue weighted by Gasteiger charge is 2.37. The number of halogens is 1. The van der Waals surface area contributed by atoms with E-state index in [9.17, 15) is 9.65 Å². The Bertz CT molecular complexity index is 1070. The highest BCUT2D eigenvalue weighted by atomic mass is 19.1. The van der Waals surface area contributed by atoms with Crippen LogP contribution < -0.4 is 10.6 Å². The number of fused-ring (bicyclic) bond motifs is 2. The van der Waals surface area contributed by atoms with Crippen LogP contribution in [0, 0.1) is 17.1 Å². The van der Waals surface area contributed by atoms with Gasteiger partial charge in [-0.15, -0.1) is 0 Å². The average Bonchev–Trinajstić information content (AvgIpc) is 3.17. The molecular formula is C20H17FN6. The first-order valence-corrected chi connectivity index (χ1v) is 8.95. The fourth-order valence-corrected chi connectivity index (χ4v) is 4.28. The summed E-state index contributed by atoms with van der Waals surface area (Å²) in [6.45, 7) is 1.90. The smallest absolute Gasteiger partial charge is 0.142 e. The monoisotopic (exact) mass is 360 g/mol. The predicted molar refractivity (Wildman–Crippen MR) is 101 cm³/mol. The Balaban J connectivity index is 1.79. The highest BCUT2D eigenvalue weighted by molar-refractivity contribution is 5.94. The summed E-state index contributed by atoms with van der Waals surface area (Å²) >= 11 is 0. The maximum Gasteiger partial charge on any atom is 0.142 e. The molecule has 0 amide bonds. The van der Waals surface area contributed by atoms with Crippen LogP contribution in [-0.4, -0.2) is 28.3 Å². The third-order valence-corrected chi connectivity index (χ3v) is 5.58. The summed E-state index contributed by atoms with van der Waals surface area (Å²) in [5, 5.41) is 17.0. The van der Waals surface area contributed by atoms with Crippen LogP contribution in [0.2, 0.25) is 0 Å². The van der Waals surface area contributed by atoms with E-state index >= 15 is 0 Å². The second-order valence-corrected chi connectivity index (χ2v) is 7.02. The van der Waals surface area contributed by atoms with Crippen LogP contribution >= 0.6 is 0 Å². The number of nitriles is 1. The Morgan fingerprint density at radius 3 is 2.67 bits per heavy atom. The van der Waals surface area contributed by atoms with Crippen LogP contribution in [0.25, 0.3) is 22.4 Å². The Morgan fingerprint density at radius 2 is 1.96 bits per heavy atom. The van der Waals surface area contributed by atoms with Crippen molar-refractivity contribution in [1.29, 1.82) is 5.26 Å². The lowest BCUT2D eigenvalue weighted by molar-refractivity contribution is 0.465. The molecule has 3 aromatic rings. The van der Waals surface area contributed by atoms with Gasteiger partial charge in [-0.1, -0.05) is 0 Å². The molecule has 1 saturated heterocycles. The van der Waals surface area contributed by atoms with Gasteiger partial charge in [0.1, 0.15) is 23.3 Å². The van der Waals surface area contributed by atoms with Crippen molar-refractivity contribution in [3.05, 3.63) is 47.5 Å². The molecule has 0 saturated carbocycles. The van der Waals surface area contributed by atoms with Gasteiger partial charge in [-0.25, -0.2) is 9.37 Å². The lowest BCUT2D eigenvalue weighted by Crippen LogP contribution is -2.40. The maximum atomic E-state index is 13.4. The van der Waals surface area contributed by atoms with E-state index in [0.717, 1.165) is 59.7 Å². The molecule has 2 bridgehead atoms. The number of aromatic amines is 1. The quantitative estimate of drug-likeness (QED) is 0.730. The second kappa shape index (κ2) is 5.81. The van der Waals surface area contributed by atoms with Gasteiger partial charge in [-0.05, 0) is 37.1 Å². The van der Waals surface area contributed by atoms with Crippen molar-refractivity contribution in [1.82, 2.24) is 15.2 Å². The van der Waals surface area contributed by atoms with Gasteiger partial charge in [-0.3, -0.25) is 5.10 Å². The lowest BCUT2D eigenvalue weighted by Gasteiger charge is -2.42. The number of nitrogens with zero attached hydrogens (tertiary/aromatic N) is 4. The molecule has 0 unspecified atom stereocenters. The number of nitrogens with one attached hydrogen (secondary N) is 1. The van der Waals surface area contributed by atoms with Crippen LogP contribution in [0.3, 0.4) is 0 Å². The van der Waals surface area contributed by atoms with Crippen molar-refractivity contribution in [2.24, 2.45) is 0 Å². The fraction of sp³-hybridized carbons (Fsp3) is 0.250. The Morgan fingerprint density at radius 1 is 1.22 bits per heavy atom. The SMILES string of the molecule is N#Cc1c(N)nc2c(c1-c1cn[nH]c1-c1ccc(F)cc1)N1CCC2CC1. The molecule has 1 fully saturated rings. The molecule has 2 aromatic heterocycles. The summed E-state index contributed by atoms with van der Waals surface area (Å²) in [7, 11) is 0. The first-order valence-electron chi connectivity index (χ1n) is 8.95. The lowest BCUT2D eigenvalue weighted by atomic mass is 9.82. The zero-order chi connectivity index (χ0) is 18.5. The van der Waals surface area contributed by atoms with Crippen LogP contribution in [-0.2, 0) is 0 Å². The minimum absolute atomic E-state index is 0.256. The number of piperidine rings is 1. The molecule has 0 aliphatic carbocycles. The van der Waals surface area contributed by atoms with Gasteiger partial charge in [-0.2, -0.15) is 10.4 Å². The molecule has 1 aromatic carbocycles.